The van der Waals surface area contributed by atoms with Crippen molar-refractivity contribution < 1.29 is 18.9 Å². The smallest absolute Gasteiger partial charge is 0.231 e. The van der Waals surface area contributed by atoms with Crippen LogP contribution in [0.15, 0.2) is 54.9 Å². The van der Waals surface area contributed by atoms with Crippen LogP contribution >= 0.6 is 0 Å². The van der Waals surface area contributed by atoms with E-state index in [0.717, 1.165) is 48.9 Å². The fraction of sp³-hybridized carbons (Fsp3) is 0.440. The quantitative estimate of drug-likeness (QED) is 0.574. The molecule has 0 aromatic heterocycles. The summed E-state index contributed by atoms with van der Waals surface area (Å²) in [5.74, 6) is 4.27. The Morgan fingerprint density at radius 2 is 2.00 bits per heavy atom. The molecule has 2 aliphatic heterocycles. The molecular weight excluding hydrogens is 392 g/mol. The second kappa shape index (κ2) is 9.52. The van der Waals surface area contributed by atoms with Crippen LogP contribution in [-0.4, -0.2) is 50.4 Å². The van der Waals surface area contributed by atoms with E-state index in [1.807, 2.05) is 30.3 Å². The molecule has 0 radical (unpaired) electrons. The van der Waals surface area contributed by atoms with Crippen LogP contribution < -0.4 is 18.9 Å². The van der Waals surface area contributed by atoms with Gasteiger partial charge in [0.15, 0.2) is 17.4 Å². The van der Waals surface area contributed by atoms with Crippen molar-refractivity contribution >= 4 is 0 Å². The summed E-state index contributed by atoms with van der Waals surface area (Å²) in [6.07, 6.45) is 2.22. The van der Waals surface area contributed by atoms with E-state index in [9.17, 15) is 0 Å². The number of piperidine rings is 1. The van der Waals surface area contributed by atoms with Crippen molar-refractivity contribution in [2.45, 2.75) is 25.8 Å². The number of benzene rings is 2. The average Bonchev–Trinajstić information content (AvgIpc) is 3.25. The zero-order chi connectivity index (χ0) is 21.8. The minimum Gasteiger partial charge on any atom is -0.493 e. The highest BCUT2D eigenvalue weighted by Gasteiger charge is 2.23. The zero-order valence-electron chi connectivity index (χ0n) is 18.7. The Labute approximate surface area is 185 Å². The highest BCUT2D eigenvalue weighted by Crippen LogP contribution is 2.35. The van der Waals surface area contributed by atoms with Crippen molar-refractivity contribution in [3.63, 3.8) is 0 Å². The molecule has 1 fully saturated rings. The van der Waals surface area contributed by atoms with Gasteiger partial charge in [-0.05, 0) is 70.3 Å². The van der Waals surface area contributed by atoms with Crippen LogP contribution in [0.5, 0.6) is 23.0 Å². The van der Waals surface area contributed by atoms with Gasteiger partial charge in [0.2, 0.25) is 6.79 Å². The van der Waals surface area contributed by atoms with Crippen LogP contribution in [0, 0.1) is 5.92 Å². The van der Waals surface area contributed by atoms with E-state index in [1.165, 1.54) is 5.56 Å². The van der Waals surface area contributed by atoms with Crippen molar-refractivity contribution in [2.75, 3.05) is 40.6 Å². The molecule has 2 aromatic rings. The predicted molar refractivity (Wildman–Crippen MR) is 121 cm³/mol. The molecule has 1 saturated heterocycles. The van der Waals surface area contributed by atoms with E-state index in [-0.39, 0.29) is 6.79 Å². The Kier molecular flexibility index (Phi) is 6.56. The maximum Gasteiger partial charge on any atom is 0.231 e. The van der Waals surface area contributed by atoms with Crippen LogP contribution in [0.2, 0.25) is 0 Å². The molecule has 0 aliphatic carbocycles. The Morgan fingerprint density at radius 1 is 1.16 bits per heavy atom. The first kappa shape index (κ1) is 21.4. The topological polar surface area (TPSA) is 43.4 Å². The summed E-state index contributed by atoms with van der Waals surface area (Å²) in [6, 6.07) is 14.3. The van der Waals surface area contributed by atoms with Gasteiger partial charge in [-0.1, -0.05) is 12.1 Å². The molecule has 4 rings (SSSR count). The molecule has 0 amide bonds. The van der Waals surface area contributed by atoms with Crippen molar-refractivity contribution in [2.24, 2.45) is 5.92 Å². The van der Waals surface area contributed by atoms with Crippen LogP contribution in [0.1, 0.15) is 31.4 Å². The summed E-state index contributed by atoms with van der Waals surface area (Å²) in [5, 5.41) is 0. The van der Waals surface area contributed by atoms with Crippen molar-refractivity contribution in [1.29, 1.82) is 0 Å². The lowest BCUT2D eigenvalue weighted by Gasteiger charge is -2.34. The first-order chi connectivity index (χ1) is 15.0. The van der Waals surface area contributed by atoms with Crippen LogP contribution in [0.4, 0.5) is 0 Å². The summed E-state index contributed by atoms with van der Waals surface area (Å²) in [5.41, 5.74) is 1.23. The van der Waals surface area contributed by atoms with Crippen LogP contribution in [0.25, 0.3) is 0 Å². The Hall–Kier alpha value is -2.86. The third-order valence-electron chi connectivity index (χ3n) is 6.05. The Bertz CT molecular complexity index is 914. The number of rotatable bonds is 8. The largest absolute Gasteiger partial charge is 0.493 e. The van der Waals surface area contributed by atoms with Gasteiger partial charge in [-0.15, -0.1) is 0 Å². The molecule has 2 heterocycles. The first-order valence-corrected chi connectivity index (χ1v) is 10.9. The van der Waals surface area contributed by atoms with Gasteiger partial charge in [-0.3, -0.25) is 0 Å². The van der Waals surface area contributed by atoms with Gasteiger partial charge in [0.1, 0.15) is 11.5 Å². The number of hydrogen-bond acceptors (Lipinski definition) is 6. The molecule has 0 spiro atoms. The number of nitrogens with zero attached hydrogens (tertiary/aromatic N) is 2. The minimum absolute atomic E-state index is 0.273. The van der Waals surface area contributed by atoms with Gasteiger partial charge in [-0.25, -0.2) is 0 Å². The van der Waals surface area contributed by atoms with Crippen molar-refractivity contribution in [3.05, 3.63) is 60.5 Å². The fourth-order valence-electron chi connectivity index (χ4n) is 3.94. The summed E-state index contributed by atoms with van der Waals surface area (Å²) in [4.78, 5) is 4.41. The second-order valence-electron chi connectivity index (χ2n) is 8.49. The lowest BCUT2D eigenvalue weighted by molar-refractivity contribution is 0.119. The maximum absolute atomic E-state index is 6.13. The lowest BCUT2D eigenvalue weighted by Crippen LogP contribution is -2.38. The number of hydrogen-bond donors (Lipinski definition) is 0. The molecule has 2 aromatic carbocycles. The third-order valence-corrected chi connectivity index (χ3v) is 6.05. The lowest BCUT2D eigenvalue weighted by atomic mass is 9.99. The van der Waals surface area contributed by atoms with E-state index in [4.69, 9.17) is 18.9 Å². The monoisotopic (exact) mass is 424 g/mol. The molecule has 6 heteroatoms. The maximum atomic E-state index is 6.13. The van der Waals surface area contributed by atoms with Crippen LogP contribution in [-0.2, 0) is 0 Å². The zero-order valence-corrected chi connectivity index (χ0v) is 18.7. The Balaban J connectivity index is 1.31. The summed E-state index contributed by atoms with van der Waals surface area (Å²) < 4.78 is 23.0. The fourth-order valence-corrected chi connectivity index (χ4v) is 3.94. The minimum atomic E-state index is 0.273. The molecule has 6 nitrogen and oxygen atoms in total. The highest BCUT2D eigenvalue weighted by molar-refractivity contribution is 5.46. The number of likely N-dealkylation sites (tertiary alicyclic amines) is 1. The van der Waals surface area contributed by atoms with Gasteiger partial charge in [-0.2, -0.15) is 0 Å². The summed E-state index contributed by atoms with van der Waals surface area (Å²) in [7, 11) is 4.16. The SMILES string of the molecule is C=C(Oc1cccc(C(C)N(C)C)c1)N1CCCC(COc2ccc3c(c2)OCO3)C1. The van der Waals surface area contributed by atoms with E-state index in [1.54, 1.807) is 0 Å². The second-order valence-corrected chi connectivity index (χ2v) is 8.49. The van der Waals surface area contributed by atoms with Crippen LogP contribution in [0.3, 0.4) is 0 Å². The average molecular weight is 425 g/mol. The molecule has 0 saturated carbocycles. The van der Waals surface area contributed by atoms with E-state index >= 15 is 0 Å². The standard InChI is InChI=1S/C25H32N2O4/c1-18(26(3)4)21-8-5-9-23(13-21)31-19(2)27-12-6-7-20(15-27)16-28-22-10-11-24-25(14-22)30-17-29-24/h5,8-11,13-14,18,20H,2,6-7,12,15-17H2,1,3-4H3. The van der Waals surface area contributed by atoms with E-state index < -0.39 is 0 Å². The highest BCUT2D eigenvalue weighted by atomic mass is 16.7. The normalized spacial score (nSPS) is 18.7. The van der Waals surface area contributed by atoms with Gasteiger partial charge in [0, 0.05) is 31.1 Å². The number of fused-ring (bicyclic) bond motifs is 1. The summed E-state index contributed by atoms with van der Waals surface area (Å²) in [6.45, 7) is 9.13. The molecule has 2 unspecified atom stereocenters. The van der Waals surface area contributed by atoms with Crippen molar-refractivity contribution in [1.82, 2.24) is 9.80 Å². The van der Waals surface area contributed by atoms with E-state index in [2.05, 4.69) is 49.5 Å². The number of ether oxygens (including phenoxy) is 4. The van der Waals surface area contributed by atoms with Gasteiger partial charge in [0.25, 0.3) is 0 Å². The molecule has 0 bridgehead atoms. The molecule has 2 atom stereocenters. The van der Waals surface area contributed by atoms with Gasteiger partial charge in [0.05, 0.1) is 6.61 Å². The third kappa shape index (κ3) is 5.25. The molecule has 166 valence electrons. The first-order valence-electron chi connectivity index (χ1n) is 10.9. The molecular formula is C25H32N2O4. The van der Waals surface area contributed by atoms with Gasteiger partial charge < -0.3 is 28.7 Å². The van der Waals surface area contributed by atoms with E-state index in [0.29, 0.717) is 24.4 Å². The molecule has 0 N–H and O–H groups in total. The molecule has 2 aliphatic rings. The van der Waals surface area contributed by atoms with Gasteiger partial charge >= 0.3 is 0 Å². The molecule has 31 heavy (non-hydrogen) atoms. The predicted octanol–water partition coefficient (Wildman–Crippen LogP) is 4.68. The Morgan fingerprint density at radius 3 is 2.84 bits per heavy atom. The van der Waals surface area contributed by atoms with Crippen molar-refractivity contribution in [3.8, 4) is 23.0 Å². The summed E-state index contributed by atoms with van der Waals surface area (Å²) >= 11 is 0.